The van der Waals surface area contributed by atoms with Crippen molar-refractivity contribution in [2.24, 2.45) is 11.8 Å². The van der Waals surface area contributed by atoms with Crippen LogP contribution in [0, 0.1) is 11.8 Å². The van der Waals surface area contributed by atoms with Gasteiger partial charge in [-0.25, -0.2) is 0 Å². The van der Waals surface area contributed by atoms with Crippen LogP contribution in [-0.4, -0.2) is 23.3 Å². The summed E-state index contributed by atoms with van der Waals surface area (Å²) in [5, 5.41) is 9.64. The van der Waals surface area contributed by atoms with Crippen LogP contribution in [0.1, 0.15) is 32.6 Å². The molecule has 1 aliphatic carbocycles. The van der Waals surface area contributed by atoms with Gasteiger partial charge in [-0.05, 0) is 25.2 Å². The summed E-state index contributed by atoms with van der Waals surface area (Å²) in [5.74, 6) is 0.576. The van der Waals surface area contributed by atoms with Gasteiger partial charge in [0.1, 0.15) is 6.10 Å². The summed E-state index contributed by atoms with van der Waals surface area (Å²) in [4.78, 5) is 11.0. The molecule has 0 spiro atoms. The zero-order chi connectivity index (χ0) is 9.42. The van der Waals surface area contributed by atoms with Gasteiger partial charge in [-0.15, -0.1) is 0 Å². The van der Waals surface area contributed by atoms with Crippen LogP contribution >= 0.6 is 0 Å². The lowest BCUT2D eigenvalue weighted by Crippen LogP contribution is -2.20. The van der Waals surface area contributed by atoms with E-state index < -0.39 is 0 Å². The smallest absolute Gasteiger partial charge is 0.306 e. The summed E-state index contributed by atoms with van der Waals surface area (Å²) in [7, 11) is 0. The second-order valence-corrected chi connectivity index (χ2v) is 4.35. The number of aliphatic hydroxyl groups excluding tert-OH is 1. The van der Waals surface area contributed by atoms with Crippen LogP contribution in [0.15, 0.2) is 0 Å². The maximum Gasteiger partial charge on any atom is 0.306 e. The van der Waals surface area contributed by atoms with Crippen LogP contribution in [0.2, 0.25) is 0 Å². The van der Waals surface area contributed by atoms with Gasteiger partial charge in [0.2, 0.25) is 0 Å². The van der Waals surface area contributed by atoms with Gasteiger partial charge in [0, 0.05) is 5.92 Å². The summed E-state index contributed by atoms with van der Waals surface area (Å²) in [5.41, 5.74) is 0. The lowest BCUT2D eigenvalue weighted by Gasteiger charge is -2.17. The quantitative estimate of drug-likeness (QED) is 0.573. The first-order valence-corrected chi connectivity index (χ1v) is 5.04. The summed E-state index contributed by atoms with van der Waals surface area (Å²) in [6.45, 7) is 2.03. The molecule has 74 valence electrons. The molecule has 3 heteroatoms. The Labute approximate surface area is 78.1 Å². The Morgan fingerprint density at radius 3 is 3.00 bits per heavy atom. The van der Waals surface area contributed by atoms with Gasteiger partial charge in [0.05, 0.1) is 12.5 Å². The van der Waals surface area contributed by atoms with Crippen LogP contribution < -0.4 is 0 Å². The van der Waals surface area contributed by atoms with Gasteiger partial charge >= 0.3 is 5.97 Å². The van der Waals surface area contributed by atoms with E-state index in [0.717, 1.165) is 19.3 Å². The molecule has 3 nitrogen and oxygen atoms in total. The van der Waals surface area contributed by atoms with E-state index in [4.69, 9.17) is 4.74 Å². The summed E-state index contributed by atoms with van der Waals surface area (Å²) in [6.07, 6.45) is 3.02. The maximum atomic E-state index is 11.0. The van der Waals surface area contributed by atoms with Gasteiger partial charge in [-0.3, -0.25) is 4.79 Å². The number of carbonyl (C=O) groups is 1. The molecule has 0 aromatic carbocycles. The zero-order valence-corrected chi connectivity index (χ0v) is 7.90. The monoisotopic (exact) mass is 184 g/mol. The largest absolute Gasteiger partial charge is 0.462 e. The van der Waals surface area contributed by atoms with E-state index in [9.17, 15) is 9.90 Å². The molecule has 0 radical (unpaired) electrons. The number of hydrogen-bond acceptors (Lipinski definition) is 3. The molecular weight excluding hydrogens is 168 g/mol. The van der Waals surface area contributed by atoms with Crippen molar-refractivity contribution >= 4 is 5.97 Å². The third-order valence-corrected chi connectivity index (χ3v) is 3.33. The van der Waals surface area contributed by atoms with Crippen molar-refractivity contribution in [1.82, 2.24) is 0 Å². The van der Waals surface area contributed by atoms with Crippen molar-refractivity contribution in [1.29, 1.82) is 0 Å². The van der Waals surface area contributed by atoms with Crippen LogP contribution in [0.4, 0.5) is 0 Å². The number of aliphatic hydroxyl groups is 1. The lowest BCUT2D eigenvalue weighted by molar-refractivity contribution is -0.142. The zero-order valence-electron chi connectivity index (χ0n) is 7.90. The molecule has 2 rings (SSSR count). The van der Waals surface area contributed by atoms with Crippen LogP contribution in [0.25, 0.3) is 0 Å². The second-order valence-electron chi connectivity index (χ2n) is 4.35. The van der Waals surface area contributed by atoms with E-state index in [2.05, 4.69) is 0 Å². The number of ether oxygens (including phenoxy) is 1. The number of fused-ring (bicyclic) bond motifs is 1. The predicted octanol–water partition coefficient (Wildman–Crippen LogP) is 1.10. The second kappa shape index (κ2) is 3.29. The molecule has 4 atom stereocenters. The van der Waals surface area contributed by atoms with Crippen LogP contribution in [0.5, 0.6) is 0 Å². The highest BCUT2D eigenvalue weighted by atomic mass is 16.5. The van der Waals surface area contributed by atoms with E-state index in [1.165, 1.54) is 0 Å². The average molecular weight is 184 g/mol. The maximum absolute atomic E-state index is 11.0. The SMILES string of the molecule is C[C@H]1C[C@H]2OC(=O)C[C@H]2CC[C@H]1O. The van der Waals surface area contributed by atoms with E-state index in [0.29, 0.717) is 12.3 Å². The standard InChI is InChI=1S/C10H16O3/c1-6-4-9-7(2-3-8(6)11)5-10(12)13-9/h6-9,11H,2-5H2,1H3/t6-,7+,8+,9+/m0/s1. The van der Waals surface area contributed by atoms with Crippen molar-refractivity contribution in [2.75, 3.05) is 0 Å². The topological polar surface area (TPSA) is 46.5 Å². The van der Waals surface area contributed by atoms with Crippen molar-refractivity contribution < 1.29 is 14.6 Å². The van der Waals surface area contributed by atoms with E-state index in [1.54, 1.807) is 0 Å². The molecular formula is C10H16O3. The van der Waals surface area contributed by atoms with E-state index in [1.807, 2.05) is 6.92 Å². The Balaban J connectivity index is 2.05. The fourth-order valence-corrected chi connectivity index (χ4v) is 2.38. The molecule has 0 bridgehead atoms. The Bertz CT molecular complexity index is 214. The molecule has 1 saturated heterocycles. The average Bonchev–Trinajstić information content (AvgIpc) is 2.36. The number of hydrogen-bond donors (Lipinski definition) is 1. The normalized spacial score (nSPS) is 45.2. The minimum Gasteiger partial charge on any atom is -0.462 e. The number of carbonyl (C=O) groups excluding carboxylic acids is 1. The Morgan fingerprint density at radius 2 is 2.23 bits per heavy atom. The van der Waals surface area contributed by atoms with Crippen molar-refractivity contribution in [3.63, 3.8) is 0 Å². The molecule has 1 N–H and O–H groups in total. The number of esters is 1. The van der Waals surface area contributed by atoms with Crippen molar-refractivity contribution in [3.8, 4) is 0 Å². The van der Waals surface area contributed by atoms with Gasteiger partial charge in [0.15, 0.2) is 0 Å². The van der Waals surface area contributed by atoms with Crippen molar-refractivity contribution in [3.05, 3.63) is 0 Å². The Kier molecular flexibility index (Phi) is 2.28. The first kappa shape index (κ1) is 9.00. The van der Waals surface area contributed by atoms with E-state index in [-0.39, 0.29) is 24.1 Å². The Morgan fingerprint density at radius 1 is 1.46 bits per heavy atom. The molecule has 1 heterocycles. The minimum absolute atomic E-state index is 0.0569. The molecule has 1 saturated carbocycles. The molecule has 0 unspecified atom stereocenters. The van der Waals surface area contributed by atoms with E-state index >= 15 is 0 Å². The lowest BCUT2D eigenvalue weighted by atomic mass is 9.95. The molecule has 13 heavy (non-hydrogen) atoms. The minimum atomic E-state index is -0.204. The molecule has 0 amide bonds. The summed E-state index contributed by atoms with van der Waals surface area (Å²) < 4.78 is 5.21. The third-order valence-electron chi connectivity index (χ3n) is 3.33. The molecule has 2 aliphatic rings. The van der Waals surface area contributed by atoms with Crippen molar-refractivity contribution in [2.45, 2.75) is 44.8 Å². The first-order chi connectivity index (χ1) is 6.16. The predicted molar refractivity (Wildman–Crippen MR) is 47.0 cm³/mol. The highest BCUT2D eigenvalue weighted by Gasteiger charge is 2.39. The molecule has 1 aliphatic heterocycles. The van der Waals surface area contributed by atoms with Crippen LogP contribution in [0.3, 0.4) is 0 Å². The first-order valence-electron chi connectivity index (χ1n) is 5.04. The van der Waals surface area contributed by atoms with Gasteiger partial charge in [0.25, 0.3) is 0 Å². The highest BCUT2D eigenvalue weighted by molar-refractivity contribution is 5.72. The van der Waals surface area contributed by atoms with Gasteiger partial charge < -0.3 is 9.84 Å². The fourth-order valence-electron chi connectivity index (χ4n) is 2.38. The van der Waals surface area contributed by atoms with Gasteiger partial charge in [-0.2, -0.15) is 0 Å². The number of rotatable bonds is 0. The Hall–Kier alpha value is -0.570. The molecule has 0 aromatic rings. The fraction of sp³-hybridized carbons (Fsp3) is 0.900. The van der Waals surface area contributed by atoms with Gasteiger partial charge in [-0.1, -0.05) is 6.92 Å². The molecule has 0 aromatic heterocycles. The highest BCUT2D eigenvalue weighted by Crippen LogP contribution is 2.35. The third kappa shape index (κ3) is 1.70. The molecule has 2 fully saturated rings. The van der Waals surface area contributed by atoms with Crippen LogP contribution in [-0.2, 0) is 9.53 Å². The summed E-state index contributed by atoms with van der Waals surface area (Å²) >= 11 is 0. The summed E-state index contributed by atoms with van der Waals surface area (Å²) in [6, 6.07) is 0.